The standard InChI is InChI=1S/C17H24N2O7/c1-10(2)19-14(20)8-18-15(21)9-26-17(22)11-6-12(23-3)16(25-5)13(7-11)24-4/h6-7,10H,8-9H2,1-5H3,(H,18,21)(H,19,20). The lowest BCUT2D eigenvalue weighted by Crippen LogP contribution is -2.41. The Morgan fingerprint density at radius 2 is 1.54 bits per heavy atom. The number of esters is 1. The Hall–Kier alpha value is -2.97. The summed E-state index contributed by atoms with van der Waals surface area (Å²) in [6, 6.07) is 2.80. The SMILES string of the molecule is COc1cc(C(=O)OCC(=O)NCC(=O)NC(C)C)cc(OC)c1OC. The van der Waals surface area contributed by atoms with Crippen LogP contribution >= 0.6 is 0 Å². The van der Waals surface area contributed by atoms with Crippen molar-refractivity contribution in [2.45, 2.75) is 19.9 Å². The molecule has 0 atom stereocenters. The third-order valence-electron chi connectivity index (χ3n) is 3.13. The number of nitrogens with one attached hydrogen (secondary N) is 2. The van der Waals surface area contributed by atoms with Crippen molar-refractivity contribution in [2.24, 2.45) is 0 Å². The van der Waals surface area contributed by atoms with Gasteiger partial charge in [0.25, 0.3) is 5.91 Å². The van der Waals surface area contributed by atoms with Gasteiger partial charge in [-0.3, -0.25) is 9.59 Å². The van der Waals surface area contributed by atoms with E-state index in [-0.39, 0.29) is 35.6 Å². The molecule has 1 rings (SSSR count). The number of ether oxygens (including phenoxy) is 4. The molecule has 0 fully saturated rings. The second kappa shape index (κ2) is 10.1. The molecule has 26 heavy (non-hydrogen) atoms. The van der Waals surface area contributed by atoms with Crippen molar-refractivity contribution in [1.29, 1.82) is 0 Å². The summed E-state index contributed by atoms with van der Waals surface area (Å²) < 4.78 is 20.4. The first-order valence-electron chi connectivity index (χ1n) is 7.85. The Morgan fingerprint density at radius 3 is 2.00 bits per heavy atom. The molecule has 9 nitrogen and oxygen atoms in total. The smallest absolute Gasteiger partial charge is 0.338 e. The fourth-order valence-electron chi connectivity index (χ4n) is 2.02. The maximum absolute atomic E-state index is 12.1. The molecule has 0 bridgehead atoms. The van der Waals surface area contributed by atoms with Gasteiger partial charge >= 0.3 is 5.97 Å². The molecule has 0 heterocycles. The quantitative estimate of drug-likeness (QED) is 0.611. The van der Waals surface area contributed by atoms with Crippen LogP contribution in [0.5, 0.6) is 17.2 Å². The van der Waals surface area contributed by atoms with Gasteiger partial charge in [-0.2, -0.15) is 0 Å². The topological polar surface area (TPSA) is 112 Å². The predicted molar refractivity (Wildman–Crippen MR) is 92.7 cm³/mol. The van der Waals surface area contributed by atoms with Crippen molar-refractivity contribution in [3.05, 3.63) is 17.7 Å². The molecule has 2 N–H and O–H groups in total. The number of amides is 2. The Labute approximate surface area is 151 Å². The first-order chi connectivity index (χ1) is 12.3. The molecule has 0 saturated carbocycles. The summed E-state index contributed by atoms with van der Waals surface area (Å²) in [5.74, 6) is -0.761. The van der Waals surface area contributed by atoms with Crippen molar-refractivity contribution < 1.29 is 33.3 Å². The molecule has 0 spiro atoms. The highest BCUT2D eigenvalue weighted by atomic mass is 16.5. The number of hydrogen-bond donors (Lipinski definition) is 2. The maximum Gasteiger partial charge on any atom is 0.338 e. The second-order valence-corrected chi connectivity index (χ2v) is 5.49. The number of hydrogen-bond acceptors (Lipinski definition) is 7. The normalized spacial score (nSPS) is 10.1. The lowest BCUT2D eigenvalue weighted by atomic mass is 10.2. The van der Waals surface area contributed by atoms with E-state index in [9.17, 15) is 14.4 Å². The molecule has 0 aliphatic heterocycles. The van der Waals surface area contributed by atoms with Crippen LogP contribution in [-0.2, 0) is 14.3 Å². The molecule has 1 aromatic rings. The van der Waals surface area contributed by atoms with Gasteiger partial charge in [0, 0.05) is 6.04 Å². The Kier molecular flexibility index (Phi) is 8.20. The van der Waals surface area contributed by atoms with Gasteiger partial charge in [-0.05, 0) is 26.0 Å². The largest absolute Gasteiger partial charge is 0.493 e. The minimum atomic E-state index is -0.744. The summed E-state index contributed by atoms with van der Waals surface area (Å²) in [6.07, 6.45) is 0. The van der Waals surface area contributed by atoms with Gasteiger partial charge in [-0.25, -0.2) is 4.79 Å². The van der Waals surface area contributed by atoms with E-state index in [0.717, 1.165) is 0 Å². The van der Waals surface area contributed by atoms with Crippen LogP contribution in [0.1, 0.15) is 24.2 Å². The first-order valence-corrected chi connectivity index (χ1v) is 7.85. The van der Waals surface area contributed by atoms with Gasteiger partial charge in [-0.1, -0.05) is 0 Å². The summed E-state index contributed by atoms with van der Waals surface area (Å²) in [7, 11) is 4.28. The fraction of sp³-hybridized carbons (Fsp3) is 0.471. The first kappa shape index (κ1) is 21.1. The molecular formula is C17H24N2O7. The molecule has 0 aromatic heterocycles. The maximum atomic E-state index is 12.1. The van der Waals surface area contributed by atoms with Gasteiger partial charge in [-0.15, -0.1) is 0 Å². The zero-order valence-electron chi connectivity index (χ0n) is 15.5. The highest BCUT2D eigenvalue weighted by Crippen LogP contribution is 2.38. The summed E-state index contributed by atoms with van der Waals surface area (Å²) in [6.45, 7) is 2.89. The van der Waals surface area contributed by atoms with E-state index in [1.54, 1.807) is 13.8 Å². The molecule has 2 amide bonds. The Bertz CT molecular complexity index is 634. The van der Waals surface area contributed by atoms with Gasteiger partial charge < -0.3 is 29.6 Å². The average molecular weight is 368 g/mol. The highest BCUT2D eigenvalue weighted by molar-refractivity contribution is 5.93. The van der Waals surface area contributed by atoms with E-state index in [0.29, 0.717) is 5.75 Å². The van der Waals surface area contributed by atoms with Crippen molar-refractivity contribution >= 4 is 17.8 Å². The minimum absolute atomic E-state index is 0.0303. The molecule has 0 aliphatic carbocycles. The molecule has 1 aromatic carbocycles. The minimum Gasteiger partial charge on any atom is -0.493 e. The fourth-order valence-corrected chi connectivity index (χ4v) is 2.02. The van der Waals surface area contributed by atoms with Gasteiger partial charge in [0.1, 0.15) is 0 Å². The van der Waals surface area contributed by atoms with Crippen LogP contribution in [0.25, 0.3) is 0 Å². The van der Waals surface area contributed by atoms with Crippen LogP contribution in [-0.4, -0.2) is 58.3 Å². The van der Waals surface area contributed by atoms with Crippen LogP contribution in [0, 0.1) is 0 Å². The predicted octanol–water partition coefficient (Wildman–Crippen LogP) is 0.510. The number of carbonyl (C=O) groups is 3. The lowest BCUT2D eigenvalue weighted by Gasteiger charge is -2.14. The highest BCUT2D eigenvalue weighted by Gasteiger charge is 2.18. The molecular weight excluding hydrogens is 344 g/mol. The van der Waals surface area contributed by atoms with Crippen molar-refractivity contribution in [2.75, 3.05) is 34.5 Å². The number of benzene rings is 1. The van der Waals surface area contributed by atoms with E-state index in [2.05, 4.69) is 10.6 Å². The molecule has 0 saturated heterocycles. The van der Waals surface area contributed by atoms with Crippen LogP contribution < -0.4 is 24.8 Å². The molecule has 0 radical (unpaired) electrons. The van der Waals surface area contributed by atoms with E-state index in [4.69, 9.17) is 18.9 Å². The van der Waals surface area contributed by atoms with Crippen molar-refractivity contribution in [1.82, 2.24) is 10.6 Å². The third-order valence-corrected chi connectivity index (χ3v) is 3.13. The molecule has 0 unspecified atom stereocenters. The van der Waals surface area contributed by atoms with E-state index in [1.165, 1.54) is 33.5 Å². The number of methoxy groups -OCH3 is 3. The van der Waals surface area contributed by atoms with Gasteiger partial charge in [0.05, 0.1) is 33.4 Å². The zero-order valence-corrected chi connectivity index (χ0v) is 15.5. The van der Waals surface area contributed by atoms with Crippen LogP contribution in [0.2, 0.25) is 0 Å². The summed E-state index contributed by atoms with van der Waals surface area (Å²) in [5.41, 5.74) is 0.129. The molecule has 9 heteroatoms. The lowest BCUT2D eigenvalue weighted by molar-refractivity contribution is -0.128. The van der Waals surface area contributed by atoms with Crippen LogP contribution in [0.3, 0.4) is 0 Å². The van der Waals surface area contributed by atoms with Crippen LogP contribution in [0.4, 0.5) is 0 Å². The van der Waals surface area contributed by atoms with Gasteiger partial charge in [0.15, 0.2) is 18.1 Å². The number of carbonyl (C=O) groups excluding carboxylic acids is 3. The van der Waals surface area contributed by atoms with E-state index in [1.807, 2.05) is 0 Å². The molecule has 0 aliphatic rings. The molecule has 144 valence electrons. The van der Waals surface area contributed by atoms with Crippen molar-refractivity contribution in [3.63, 3.8) is 0 Å². The summed E-state index contributed by atoms with van der Waals surface area (Å²) >= 11 is 0. The van der Waals surface area contributed by atoms with E-state index < -0.39 is 18.5 Å². The number of rotatable bonds is 9. The third kappa shape index (κ3) is 6.15. The zero-order chi connectivity index (χ0) is 19.7. The monoisotopic (exact) mass is 368 g/mol. The van der Waals surface area contributed by atoms with Gasteiger partial charge in [0.2, 0.25) is 11.7 Å². The second-order valence-electron chi connectivity index (χ2n) is 5.49. The Morgan fingerprint density at radius 1 is 0.962 bits per heavy atom. The van der Waals surface area contributed by atoms with Crippen LogP contribution in [0.15, 0.2) is 12.1 Å². The Balaban J connectivity index is 2.65. The summed E-state index contributed by atoms with van der Waals surface area (Å²) in [4.78, 5) is 35.3. The van der Waals surface area contributed by atoms with Crippen molar-refractivity contribution in [3.8, 4) is 17.2 Å². The van der Waals surface area contributed by atoms with E-state index >= 15 is 0 Å². The average Bonchev–Trinajstić information content (AvgIpc) is 2.62. The summed E-state index contributed by atoms with van der Waals surface area (Å²) in [5, 5.41) is 4.98.